The minimum Gasteiger partial charge on any atom is -0.296 e. The van der Waals surface area contributed by atoms with Gasteiger partial charge in [0.15, 0.2) is 5.13 Å². The van der Waals surface area contributed by atoms with Crippen LogP contribution in [0.4, 0.5) is 5.13 Å². The molecule has 6 nitrogen and oxygen atoms in total. The normalized spacial score (nSPS) is 10.6. The van der Waals surface area contributed by atoms with E-state index >= 15 is 0 Å². The fourth-order valence-electron chi connectivity index (χ4n) is 2.32. The number of para-hydroxylation sites is 1. The second-order valence-electron chi connectivity index (χ2n) is 5.27. The molecule has 0 aliphatic heterocycles. The molecule has 3 aromatic heterocycles. The van der Waals surface area contributed by atoms with Crippen molar-refractivity contribution in [3.63, 3.8) is 0 Å². The van der Waals surface area contributed by atoms with E-state index in [4.69, 9.17) is 0 Å². The lowest BCUT2D eigenvalue weighted by atomic mass is 10.3. The molecule has 0 saturated carbocycles. The van der Waals surface area contributed by atoms with E-state index in [1.165, 1.54) is 28.2 Å². The minimum absolute atomic E-state index is 0.140. The SMILES string of the molecule is O=C(Nc1nc(-c2cccs2)cs1)c1ccc(=O)n(-c2ccccc2)n1. The number of rotatable bonds is 4. The van der Waals surface area contributed by atoms with Crippen LogP contribution in [-0.2, 0) is 0 Å². The van der Waals surface area contributed by atoms with E-state index < -0.39 is 5.91 Å². The predicted octanol–water partition coefficient (Wildman–Crippen LogP) is 3.67. The van der Waals surface area contributed by atoms with Crippen LogP contribution in [0, 0.1) is 0 Å². The Bertz CT molecular complexity index is 1100. The number of hydrogen-bond donors (Lipinski definition) is 1. The van der Waals surface area contributed by atoms with Crippen molar-refractivity contribution in [1.82, 2.24) is 14.8 Å². The Balaban J connectivity index is 1.58. The Morgan fingerprint density at radius 1 is 1.00 bits per heavy atom. The molecule has 26 heavy (non-hydrogen) atoms. The molecule has 0 aliphatic rings. The fraction of sp³-hybridized carbons (Fsp3) is 0. The molecule has 0 aliphatic carbocycles. The maximum atomic E-state index is 12.5. The first-order valence-corrected chi connectivity index (χ1v) is 9.43. The molecule has 3 heterocycles. The monoisotopic (exact) mass is 380 g/mol. The highest BCUT2D eigenvalue weighted by atomic mass is 32.1. The van der Waals surface area contributed by atoms with E-state index in [2.05, 4.69) is 15.4 Å². The third kappa shape index (κ3) is 3.32. The first-order chi connectivity index (χ1) is 12.7. The Morgan fingerprint density at radius 3 is 2.62 bits per heavy atom. The van der Waals surface area contributed by atoms with Gasteiger partial charge in [-0.2, -0.15) is 9.78 Å². The summed E-state index contributed by atoms with van der Waals surface area (Å²) in [6.45, 7) is 0. The van der Waals surface area contributed by atoms with Gasteiger partial charge in [0.05, 0.1) is 16.3 Å². The number of nitrogens with zero attached hydrogens (tertiary/aromatic N) is 3. The highest BCUT2D eigenvalue weighted by Gasteiger charge is 2.13. The highest BCUT2D eigenvalue weighted by molar-refractivity contribution is 7.16. The Labute approximate surface area is 156 Å². The standard InChI is InChI=1S/C18H12N4O2S2/c23-16-9-8-13(21-22(16)12-5-2-1-3-6-12)17(24)20-18-19-14(11-26-18)15-7-4-10-25-15/h1-11H,(H,19,20,24). The lowest BCUT2D eigenvalue weighted by Gasteiger charge is -2.06. The molecule has 0 saturated heterocycles. The van der Waals surface area contributed by atoms with E-state index in [9.17, 15) is 9.59 Å². The van der Waals surface area contributed by atoms with Gasteiger partial charge in [0, 0.05) is 11.4 Å². The third-order valence-corrected chi connectivity index (χ3v) is 5.18. The number of nitrogens with one attached hydrogen (secondary N) is 1. The van der Waals surface area contributed by atoms with Crippen LogP contribution < -0.4 is 10.9 Å². The molecular formula is C18H12N4O2S2. The molecule has 0 spiro atoms. The van der Waals surface area contributed by atoms with Crippen LogP contribution in [0.5, 0.6) is 0 Å². The van der Waals surface area contributed by atoms with Gasteiger partial charge in [-0.05, 0) is 29.6 Å². The fourth-order valence-corrected chi connectivity index (χ4v) is 3.78. The van der Waals surface area contributed by atoms with Crippen molar-refractivity contribution in [2.75, 3.05) is 5.32 Å². The predicted molar refractivity (Wildman–Crippen MR) is 103 cm³/mol. The number of aromatic nitrogens is 3. The van der Waals surface area contributed by atoms with E-state index in [0.717, 1.165) is 10.6 Å². The zero-order valence-electron chi connectivity index (χ0n) is 13.3. The summed E-state index contributed by atoms with van der Waals surface area (Å²) in [4.78, 5) is 30.0. The van der Waals surface area contributed by atoms with Gasteiger partial charge >= 0.3 is 0 Å². The summed E-state index contributed by atoms with van der Waals surface area (Å²) in [5, 5.41) is 11.2. The molecular weight excluding hydrogens is 368 g/mol. The molecule has 0 radical (unpaired) electrons. The van der Waals surface area contributed by atoms with Crippen molar-refractivity contribution in [1.29, 1.82) is 0 Å². The molecule has 128 valence electrons. The number of hydrogen-bond acceptors (Lipinski definition) is 6. The van der Waals surface area contributed by atoms with Gasteiger partial charge in [0.25, 0.3) is 11.5 Å². The Morgan fingerprint density at radius 2 is 1.85 bits per heavy atom. The largest absolute Gasteiger partial charge is 0.296 e. The number of carbonyl (C=O) groups is 1. The molecule has 1 N–H and O–H groups in total. The molecule has 0 atom stereocenters. The second-order valence-corrected chi connectivity index (χ2v) is 7.08. The number of thiazole rings is 1. The average molecular weight is 380 g/mol. The van der Waals surface area contributed by atoms with Crippen molar-refractivity contribution in [3.05, 3.63) is 81.4 Å². The van der Waals surface area contributed by atoms with E-state index in [0.29, 0.717) is 10.8 Å². The summed E-state index contributed by atoms with van der Waals surface area (Å²) in [6.07, 6.45) is 0. The topological polar surface area (TPSA) is 76.9 Å². The lowest BCUT2D eigenvalue weighted by Crippen LogP contribution is -2.24. The van der Waals surface area contributed by atoms with Crippen molar-refractivity contribution < 1.29 is 4.79 Å². The van der Waals surface area contributed by atoms with Crippen LogP contribution in [0.1, 0.15) is 10.5 Å². The van der Waals surface area contributed by atoms with Crippen molar-refractivity contribution in [2.24, 2.45) is 0 Å². The Kier molecular flexibility index (Phi) is 4.42. The number of anilines is 1. The van der Waals surface area contributed by atoms with Gasteiger partial charge in [0.2, 0.25) is 0 Å². The van der Waals surface area contributed by atoms with Gasteiger partial charge in [-0.15, -0.1) is 22.7 Å². The first-order valence-electron chi connectivity index (χ1n) is 7.67. The quantitative estimate of drug-likeness (QED) is 0.586. The number of benzene rings is 1. The first kappa shape index (κ1) is 16.4. The highest BCUT2D eigenvalue weighted by Crippen LogP contribution is 2.28. The van der Waals surface area contributed by atoms with Gasteiger partial charge < -0.3 is 0 Å². The molecule has 4 rings (SSSR count). The minimum atomic E-state index is -0.415. The molecule has 1 amide bonds. The summed E-state index contributed by atoms with van der Waals surface area (Å²) in [7, 11) is 0. The van der Waals surface area contributed by atoms with E-state index in [1.54, 1.807) is 35.6 Å². The molecule has 0 fully saturated rings. The second kappa shape index (κ2) is 7.03. The summed E-state index contributed by atoms with van der Waals surface area (Å²) < 4.78 is 1.20. The summed E-state index contributed by atoms with van der Waals surface area (Å²) in [6, 6.07) is 15.6. The van der Waals surface area contributed by atoms with E-state index in [-0.39, 0.29) is 11.3 Å². The van der Waals surface area contributed by atoms with Crippen LogP contribution in [0.3, 0.4) is 0 Å². The number of thiophene rings is 1. The number of carbonyl (C=O) groups excluding carboxylic acids is 1. The maximum Gasteiger partial charge on any atom is 0.277 e. The van der Waals surface area contributed by atoms with Crippen LogP contribution in [0.25, 0.3) is 16.3 Å². The lowest BCUT2D eigenvalue weighted by molar-refractivity contribution is 0.102. The molecule has 1 aromatic carbocycles. The van der Waals surface area contributed by atoms with Crippen LogP contribution in [-0.4, -0.2) is 20.7 Å². The summed E-state index contributed by atoms with van der Waals surface area (Å²) in [5.41, 5.74) is 1.26. The smallest absolute Gasteiger partial charge is 0.277 e. The summed E-state index contributed by atoms with van der Waals surface area (Å²) >= 11 is 2.93. The molecule has 8 heteroatoms. The van der Waals surface area contributed by atoms with Gasteiger partial charge in [-0.3, -0.25) is 14.9 Å². The molecule has 0 unspecified atom stereocenters. The number of amides is 1. The maximum absolute atomic E-state index is 12.5. The van der Waals surface area contributed by atoms with Gasteiger partial charge in [-0.1, -0.05) is 24.3 Å². The van der Waals surface area contributed by atoms with E-state index in [1.807, 2.05) is 29.0 Å². The van der Waals surface area contributed by atoms with Crippen LogP contribution in [0.15, 0.2) is 70.2 Å². The molecule has 0 bridgehead atoms. The van der Waals surface area contributed by atoms with Gasteiger partial charge in [0.1, 0.15) is 5.69 Å². The average Bonchev–Trinajstić information content (AvgIpc) is 3.34. The van der Waals surface area contributed by atoms with Crippen molar-refractivity contribution in [2.45, 2.75) is 0 Å². The van der Waals surface area contributed by atoms with Crippen molar-refractivity contribution in [3.8, 4) is 16.3 Å². The third-order valence-electron chi connectivity index (χ3n) is 3.53. The van der Waals surface area contributed by atoms with Crippen LogP contribution in [0.2, 0.25) is 0 Å². The zero-order chi connectivity index (χ0) is 17.9. The Hall–Kier alpha value is -3.10. The van der Waals surface area contributed by atoms with Crippen molar-refractivity contribution >= 4 is 33.7 Å². The zero-order valence-corrected chi connectivity index (χ0v) is 15.0. The molecule has 4 aromatic rings. The van der Waals surface area contributed by atoms with Gasteiger partial charge in [-0.25, -0.2) is 4.98 Å². The summed E-state index contributed by atoms with van der Waals surface area (Å²) in [5.74, 6) is -0.415. The van der Waals surface area contributed by atoms with Crippen LogP contribution >= 0.6 is 22.7 Å².